The van der Waals surface area contributed by atoms with Crippen LogP contribution < -0.4 is 9.47 Å². The number of nitrogens with zero attached hydrogens (tertiary/aromatic N) is 4. The van der Waals surface area contributed by atoms with Crippen molar-refractivity contribution in [1.29, 1.82) is 0 Å². The van der Waals surface area contributed by atoms with Gasteiger partial charge >= 0.3 is 6.18 Å². The average Bonchev–Trinajstić information content (AvgIpc) is 3.61. The normalized spacial score (nSPS) is 17.8. The molecule has 3 aromatic rings. The first kappa shape index (κ1) is 29.7. The minimum Gasteiger partial charge on any atom is -0.491 e. The molecule has 41 heavy (non-hydrogen) atoms. The van der Waals surface area contributed by atoms with Crippen LogP contribution in [0.4, 0.5) is 13.2 Å². The summed E-state index contributed by atoms with van der Waals surface area (Å²) in [5.74, 6) is -0.593. The van der Waals surface area contributed by atoms with Gasteiger partial charge in [0.15, 0.2) is 18.5 Å². The third-order valence-electron chi connectivity index (χ3n) is 6.72. The number of amides is 1. The molecule has 8 nitrogen and oxygen atoms in total. The molecule has 1 saturated heterocycles. The Morgan fingerprint density at radius 3 is 2.51 bits per heavy atom. The van der Waals surface area contributed by atoms with Crippen LogP contribution in [0.1, 0.15) is 53.2 Å². The Balaban J connectivity index is 1.15. The molecule has 1 atom stereocenters. The van der Waals surface area contributed by atoms with Crippen LogP contribution in [0.5, 0.6) is 11.6 Å². The van der Waals surface area contributed by atoms with E-state index in [9.17, 15) is 18.0 Å². The van der Waals surface area contributed by atoms with E-state index in [1.165, 1.54) is 18.4 Å². The van der Waals surface area contributed by atoms with Crippen molar-refractivity contribution in [3.63, 3.8) is 0 Å². The molecular weight excluding hydrogens is 628 g/mol. The lowest BCUT2D eigenvalue weighted by Crippen LogP contribution is -2.40. The predicted octanol–water partition coefficient (Wildman–Crippen LogP) is 7.18. The van der Waals surface area contributed by atoms with Gasteiger partial charge in [-0.15, -0.1) is 11.3 Å². The Morgan fingerprint density at radius 2 is 1.85 bits per heavy atom. The topological polar surface area (TPSA) is 86.1 Å². The molecule has 1 aromatic carbocycles. The van der Waals surface area contributed by atoms with E-state index in [1.54, 1.807) is 17.0 Å². The fourth-order valence-corrected chi connectivity index (χ4v) is 6.65. The first-order valence-corrected chi connectivity index (χ1v) is 14.4. The molecule has 0 bridgehead atoms. The summed E-state index contributed by atoms with van der Waals surface area (Å²) < 4.78 is 49.4. The highest BCUT2D eigenvalue weighted by molar-refractivity contribution is 7.10. The maximum Gasteiger partial charge on any atom is 0.433 e. The number of carbonyl (C=O) groups excluding carboxylic acids is 1. The van der Waals surface area contributed by atoms with Crippen LogP contribution in [-0.4, -0.2) is 53.3 Å². The van der Waals surface area contributed by atoms with Crippen LogP contribution in [0, 0.1) is 0 Å². The van der Waals surface area contributed by atoms with E-state index < -0.39 is 24.6 Å². The summed E-state index contributed by atoms with van der Waals surface area (Å²) in [5.41, 5.74) is 0.883. The first-order chi connectivity index (χ1) is 19.5. The number of benzene rings is 1. The number of ether oxygens (including phenoxy) is 2. The van der Waals surface area contributed by atoms with E-state index in [4.69, 9.17) is 54.1 Å². The molecule has 15 heteroatoms. The number of pyridine rings is 1. The maximum absolute atomic E-state index is 13.0. The Labute approximate surface area is 252 Å². The summed E-state index contributed by atoms with van der Waals surface area (Å²) in [4.78, 5) is 28.2. The number of aromatic nitrogens is 2. The number of oxime groups is 1. The second kappa shape index (κ2) is 12.2. The number of likely N-dealkylation sites (tertiary alicyclic amines) is 1. The summed E-state index contributed by atoms with van der Waals surface area (Å²) in [6, 6.07) is 5.11. The van der Waals surface area contributed by atoms with E-state index in [2.05, 4.69) is 10.1 Å². The van der Waals surface area contributed by atoms with Gasteiger partial charge in [0.1, 0.15) is 11.4 Å². The lowest BCUT2D eigenvalue weighted by Gasteiger charge is -2.31. The van der Waals surface area contributed by atoms with Crippen molar-refractivity contribution < 1.29 is 32.3 Å². The van der Waals surface area contributed by atoms with Crippen molar-refractivity contribution in [2.24, 2.45) is 5.16 Å². The smallest absolute Gasteiger partial charge is 0.433 e. The highest BCUT2D eigenvalue weighted by Gasteiger charge is 2.34. The first-order valence-electron chi connectivity index (χ1n) is 12.4. The van der Waals surface area contributed by atoms with E-state index in [0.29, 0.717) is 64.4 Å². The lowest BCUT2D eigenvalue weighted by molar-refractivity contribution is -0.141. The van der Waals surface area contributed by atoms with Gasteiger partial charge in [-0.05, 0) is 37.1 Å². The number of hydrogen-bond acceptors (Lipinski definition) is 8. The Bertz CT molecular complexity index is 1460. The summed E-state index contributed by atoms with van der Waals surface area (Å²) in [6.07, 6.45) is -3.31. The van der Waals surface area contributed by atoms with Crippen LogP contribution in [0.25, 0.3) is 0 Å². The molecule has 1 amide bonds. The fourth-order valence-electron chi connectivity index (χ4n) is 4.59. The number of piperidine rings is 1. The quantitative estimate of drug-likeness (QED) is 0.270. The van der Waals surface area contributed by atoms with Crippen molar-refractivity contribution in [2.45, 2.75) is 37.5 Å². The minimum atomic E-state index is -4.65. The summed E-state index contributed by atoms with van der Waals surface area (Å²) in [6.45, 7) is 0.447. The zero-order valence-corrected chi connectivity index (χ0v) is 24.5. The molecule has 5 rings (SSSR count). The molecule has 0 saturated carbocycles. The van der Waals surface area contributed by atoms with E-state index in [-0.39, 0.29) is 23.5 Å². The molecule has 0 N–H and O–H groups in total. The predicted molar refractivity (Wildman–Crippen MR) is 148 cm³/mol. The third kappa shape index (κ3) is 6.66. The van der Waals surface area contributed by atoms with Crippen LogP contribution >= 0.6 is 46.1 Å². The molecule has 1 unspecified atom stereocenters. The second-order valence-corrected chi connectivity index (χ2v) is 11.5. The van der Waals surface area contributed by atoms with Crippen molar-refractivity contribution in [2.75, 3.05) is 26.8 Å². The Kier molecular flexibility index (Phi) is 8.84. The van der Waals surface area contributed by atoms with E-state index in [1.807, 2.05) is 5.38 Å². The Hall–Kier alpha value is -2.80. The van der Waals surface area contributed by atoms with Crippen LogP contribution in [-0.2, 0) is 15.8 Å². The molecular formula is C26H22Cl3F3N4O4S. The zero-order valence-electron chi connectivity index (χ0n) is 21.4. The summed E-state index contributed by atoms with van der Waals surface area (Å²) >= 11 is 20.2. The van der Waals surface area contributed by atoms with Gasteiger partial charge in [-0.1, -0.05) is 40.0 Å². The lowest BCUT2D eigenvalue weighted by atomic mass is 9.97. The number of methoxy groups -OCH3 is 1. The summed E-state index contributed by atoms with van der Waals surface area (Å²) in [5, 5.41) is 8.29. The van der Waals surface area contributed by atoms with E-state index in [0.717, 1.165) is 17.1 Å². The van der Waals surface area contributed by atoms with Gasteiger partial charge < -0.3 is 19.2 Å². The number of halogens is 6. The van der Waals surface area contributed by atoms with Gasteiger partial charge in [0.05, 0.1) is 27.9 Å². The van der Waals surface area contributed by atoms with Crippen LogP contribution in [0.3, 0.4) is 0 Å². The molecule has 0 aliphatic carbocycles. The van der Waals surface area contributed by atoms with Gasteiger partial charge in [-0.3, -0.25) is 4.79 Å². The van der Waals surface area contributed by atoms with Crippen molar-refractivity contribution in [3.05, 3.63) is 66.7 Å². The average molecular weight is 650 g/mol. The molecule has 2 aliphatic rings. The van der Waals surface area contributed by atoms with Gasteiger partial charge in [0, 0.05) is 41.4 Å². The Morgan fingerprint density at radius 1 is 1.15 bits per heavy atom. The molecule has 1 fully saturated rings. The standard InChI is InChI=1S/C26H22Cl3F3N4O4S/c1-38-19-2-3-21(26(30,31)32)34-24(19)39-11-22(37)36-6-4-13(5-7-36)25-33-18(12-41-25)17-10-20(40-35-17)23-15(28)8-14(27)9-16(23)29/h2-3,8-9,12-13,20H,4-7,10-11H2,1H3. The molecule has 0 radical (unpaired) electrons. The molecule has 218 valence electrons. The number of rotatable bonds is 7. The van der Waals surface area contributed by atoms with Crippen molar-refractivity contribution in [1.82, 2.24) is 14.9 Å². The number of carbonyl (C=O) groups is 1. The zero-order chi connectivity index (χ0) is 29.3. The largest absolute Gasteiger partial charge is 0.491 e. The minimum absolute atomic E-state index is 0.00651. The van der Waals surface area contributed by atoms with Crippen molar-refractivity contribution >= 4 is 57.8 Å². The van der Waals surface area contributed by atoms with Gasteiger partial charge in [-0.2, -0.15) is 13.2 Å². The van der Waals surface area contributed by atoms with Crippen LogP contribution in [0.2, 0.25) is 15.1 Å². The fraction of sp³-hybridized carbons (Fsp3) is 0.385. The molecule has 2 aliphatic heterocycles. The molecule has 4 heterocycles. The van der Waals surface area contributed by atoms with Crippen molar-refractivity contribution in [3.8, 4) is 11.6 Å². The number of alkyl halides is 3. The van der Waals surface area contributed by atoms with Crippen LogP contribution in [0.15, 0.2) is 34.8 Å². The second-order valence-electron chi connectivity index (χ2n) is 9.34. The SMILES string of the molecule is COc1ccc(C(F)(F)F)nc1OCC(=O)N1CCC(c2nc(C3=NOC(c4c(Cl)cc(Cl)cc4Cl)C3)cs2)CC1. The molecule has 2 aromatic heterocycles. The molecule has 0 spiro atoms. The van der Waals surface area contributed by atoms with E-state index >= 15 is 0 Å². The monoisotopic (exact) mass is 648 g/mol. The maximum atomic E-state index is 13.0. The summed E-state index contributed by atoms with van der Waals surface area (Å²) in [7, 11) is 1.28. The highest BCUT2D eigenvalue weighted by Crippen LogP contribution is 2.40. The van der Waals surface area contributed by atoms with Gasteiger partial charge in [0.25, 0.3) is 11.8 Å². The number of hydrogen-bond donors (Lipinski definition) is 0. The highest BCUT2D eigenvalue weighted by atomic mass is 35.5. The third-order valence-corrected chi connectivity index (χ3v) is 8.57. The van der Waals surface area contributed by atoms with Gasteiger partial charge in [-0.25, -0.2) is 9.97 Å². The van der Waals surface area contributed by atoms with Gasteiger partial charge in [0.2, 0.25) is 0 Å². The number of thiazole rings is 1.